The fraction of sp³-hybridized carbons (Fsp3) is 0.600. The van der Waals surface area contributed by atoms with Crippen LogP contribution < -0.4 is 0 Å². The number of aryl methyl sites for hydroxylation is 2. The van der Waals surface area contributed by atoms with Gasteiger partial charge in [0.25, 0.3) is 0 Å². The molecule has 0 aliphatic rings. The summed E-state index contributed by atoms with van der Waals surface area (Å²) in [7, 11) is 0. The molecule has 96 valence electrons. The Kier molecular flexibility index (Phi) is 5.16. The van der Waals surface area contributed by atoms with Gasteiger partial charge in [-0.15, -0.1) is 0 Å². The Morgan fingerprint density at radius 3 is 2.06 bits per heavy atom. The lowest BCUT2D eigenvalue weighted by Crippen LogP contribution is -2.34. The summed E-state index contributed by atoms with van der Waals surface area (Å²) in [6.07, 6.45) is -0.393. The maximum atomic E-state index is 10.3. The fourth-order valence-electron chi connectivity index (χ4n) is 2.23. The number of aliphatic hydroxyl groups excluding tert-OH is 1. The molecule has 0 aliphatic carbocycles. The van der Waals surface area contributed by atoms with Crippen molar-refractivity contribution in [3.8, 4) is 0 Å². The van der Waals surface area contributed by atoms with E-state index in [-0.39, 0.29) is 0 Å². The molecule has 1 unspecified atom stereocenters. The molecule has 1 rings (SSSR count). The van der Waals surface area contributed by atoms with E-state index in [1.807, 2.05) is 0 Å². The lowest BCUT2D eigenvalue weighted by atomic mass is 10.0. The first kappa shape index (κ1) is 14.2. The molecule has 0 aromatic heterocycles. The van der Waals surface area contributed by atoms with Crippen LogP contribution in [-0.2, 0) is 0 Å². The molecule has 1 atom stereocenters. The molecule has 0 saturated carbocycles. The first-order chi connectivity index (χ1) is 7.93. The van der Waals surface area contributed by atoms with Crippen LogP contribution in [0.2, 0.25) is 0 Å². The standard InChI is InChI=1S/C15H25NO/c1-6-16(11(2)3)10-15(17)14-8-12(4)7-13(5)9-14/h7-9,11,15,17H,6,10H2,1-5H3. The molecule has 0 spiro atoms. The molecule has 0 heterocycles. The zero-order chi connectivity index (χ0) is 13.0. The van der Waals surface area contributed by atoms with E-state index in [0.29, 0.717) is 12.6 Å². The van der Waals surface area contributed by atoms with Gasteiger partial charge < -0.3 is 5.11 Å². The van der Waals surface area contributed by atoms with Crippen molar-refractivity contribution in [3.05, 3.63) is 34.9 Å². The van der Waals surface area contributed by atoms with Gasteiger partial charge in [-0.3, -0.25) is 4.90 Å². The van der Waals surface area contributed by atoms with Crippen LogP contribution in [0.15, 0.2) is 18.2 Å². The van der Waals surface area contributed by atoms with Crippen molar-refractivity contribution in [2.24, 2.45) is 0 Å². The number of hydrogen-bond acceptors (Lipinski definition) is 2. The molecule has 1 N–H and O–H groups in total. The van der Waals surface area contributed by atoms with Crippen LogP contribution in [0.5, 0.6) is 0 Å². The summed E-state index contributed by atoms with van der Waals surface area (Å²) < 4.78 is 0. The Morgan fingerprint density at radius 1 is 1.12 bits per heavy atom. The second-order valence-electron chi connectivity index (χ2n) is 5.12. The number of hydrogen-bond donors (Lipinski definition) is 1. The third-order valence-electron chi connectivity index (χ3n) is 3.17. The van der Waals surface area contributed by atoms with Crippen molar-refractivity contribution in [3.63, 3.8) is 0 Å². The minimum atomic E-state index is -0.393. The van der Waals surface area contributed by atoms with E-state index in [4.69, 9.17) is 0 Å². The number of likely N-dealkylation sites (N-methyl/N-ethyl adjacent to an activating group) is 1. The van der Waals surface area contributed by atoms with Crippen LogP contribution in [-0.4, -0.2) is 29.1 Å². The van der Waals surface area contributed by atoms with E-state index >= 15 is 0 Å². The van der Waals surface area contributed by atoms with Crippen molar-refractivity contribution >= 4 is 0 Å². The molecule has 0 saturated heterocycles. The normalized spacial score (nSPS) is 13.4. The van der Waals surface area contributed by atoms with Gasteiger partial charge in [0.15, 0.2) is 0 Å². The first-order valence-corrected chi connectivity index (χ1v) is 6.44. The van der Waals surface area contributed by atoms with Gasteiger partial charge >= 0.3 is 0 Å². The van der Waals surface area contributed by atoms with E-state index in [0.717, 1.165) is 12.1 Å². The fourth-order valence-corrected chi connectivity index (χ4v) is 2.23. The van der Waals surface area contributed by atoms with E-state index in [2.05, 4.69) is 57.7 Å². The van der Waals surface area contributed by atoms with Gasteiger partial charge in [-0.2, -0.15) is 0 Å². The van der Waals surface area contributed by atoms with Gasteiger partial charge in [0, 0.05) is 12.6 Å². The van der Waals surface area contributed by atoms with E-state index < -0.39 is 6.10 Å². The highest BCUT2D eigenvalue weighted by molar-refractivity contribution is 5.30. The van der Waals surface area contributed by atoms with Gasteiger partial charge in [-0.25, -0.2) is 0 Å². The number of aliphatic hydroxyl groups is 1. The lowest BCUT2D eigenvalue weighted by Gasteiger charge is -2.27. The van der Waals surface area contributed by atoms with E-state index in [1.165, 1.54) is 11.1 Å². The number of benzene rings is 1. The molecular weight excluding hydrogens is 210 g/mol. The Bertz CT molecular complexity index is 340. The first-order valence-electron chi connectivity index (χ1n) is 6.44. The summed E-state index contributed by atoms with van der Waals surface area (Å²) >= 11 is 0. The molecule has 0 radical (unpaired) electrons. The van der Waals surface area contributed by atoms with Crippen LogP contribution in [0.25, 0.3) is 0 Å². The zero-order valence-corrected chi connectivity index (χ0v) is 11.7. The number of nitrogens with zero attached hydrogens (tertiary/aromatic N) is 1. The Morgan fingerprint density at radius 2 is 1.65 bits per heavy atom. The van der Waals surface area contributed by atoms with Gasteiger partial charge in [0.2, 0.25) is 0 Å². The summed E-state index contributed by atoms with van der Waals surface area (Å²) in [5.41, 5.74) is 3.46. The van der Waals surface area contributed by atoms with Crippen LogP contribution in [0, 0.1) is 13.8 Å². The Balaban J connectivity index is 2.78. The highest BCUT2D eigenvalue weighted by Crippen LogP contribution is 2.18. The minimum Gasteiger partial charge on any atom is -0.387 e. The SMILES string of the molecule is CCN(CC(O)c1cc(C)cc(C)c1)C(C)C. The monoisotopic (exact) mass is 235 g/mol. The third-order valence-corrected chi connectivity index (χ3v) is 3.17. The number of rotatable bonds is 5. The minimum absolute atomic E-state index is 0.393. The highest BCUT2D eigenvalue weighted by atomic mass is 16.3. The van der Waals surface area contributed by atoms with Crippen molar-refractivity contribution in [2.75, 3.05) is 13.1 Å². The summed E-state index contributed by atoms with van der Waals surface area (Å²) in [4.78, 5) is 2.28. The molecule has 0 amide bonds. The second kappa shape index (κ2) is 6.18. The predicted molar refractivity (Wildman–Crippen MR) is 73.3 cm³/mol. The maximum Gasteiger partial charge on any atom is 0.0917 e. The highest BCUT2D eigenvalue weighted by Gasteiger charge is 2.15. The predicted octanol–water partition coefficient (Wildman–Crippen LogP) is 3.07. The van der Waals surface area contributed by atoms with Crippen LogP contribution in [0.4, 0.5) is 0 Å². The maximum absolute atomic E-state index is 10.3. The molecule has 1 aromatic carbocycles. The molecule has 17 heavy (non-hydrogen) atoms. The Labute approximate surface area is 105 Å². The summed E-state index contributed by atoms with van der Waals surface area (Å²) in [6, 6.07) is 6.76. The van der Waals surface area contributed by atoms with Gasteiger partial charge in [0.1, 0.15) is 0 Å². The zero-order valence-electron chi connectivity index (χ0n) is 11.7. The lowest BCUT2D eigenvalue weighted by molar-refractivity contribution is 0.0991. The van der Waals surface area contributed by atoms with Gasteiger partial charge in [-0.05, 0) is 39.8 Å². The quantitative estimate of drug-likeness (QED) is 0.848. The third kappa shape index (κ3) is 4.14. The van der Waals surface area contributed by atoms with Crippen LogP contribution >= 0.6 is 0 Å². The van der Waals surface area contributed by atoms with Crippen molar-refractivity contribution < 1.29 is 5.11 Å². The van der Waals surface area contributed by atoms with Gasteiger partial charge in [-0.1, -0.05) is 36.2 Å². The van der Waals surface area contributed by atoms with Gasteiger partial charge in [0.05, 0.1) is 6.10 Å². The molecule has 0 fully saturated rings. The van der Waals surface area contributed by atoms with Crippen molar-refractivity contribution in [1.82, 2.24) is 4.90 Å². The smallest absolute Gasteiger partial charge is 0.0917 e. The molecule has 1 aromatic rings. The second-order valence-corrected chi connectivity index (χ2v) is 5.12. The van der Waals surface area contributed by atoms with Crippen molar-refractivity contribution in [1.29, 1.82) is 0 Å². The summed E-state index contributed by atoms with van der Waals surface area (Å²) in [5.74, 6) is 0. The molecule has 0 aliphatic heterocycles. The molecule has 0 bridgehead atoms. The molecule has 2 nitrogen and oxygen atoms in total. The van der Waals surface area contributed by atoms with E-state index in [1.54, 1.807) is 0 Å². The summed E-state index contributed by atoms with van der Waals surface area (Å²) in [6.45, 7) is 12.3. The molecular formula is C15H25NO. The van der Waals surface area contributed by atoms with Crippen LogP contribution in [0.1, 0.15) is 43.6 Å². The molecule has 2 heteroatoms. The van der Waals surface area contributed by atoms with Crippen molar-refractivity contribution in [2.45, 2.75) is 46.8 Å². The Hall–Kier alpha value is -0.860. The van der Waals surface area contributed by atoms with E-state index in [9.17, 15) is 5.11 Å². The largest absolute Gasteiger partial charge is 0.387 e. The average Bonchev–Trinajstić information content (AvgIpc) is 2.23. The summed E-state index contributed by atoms with van der Waals surface area (Å²) in [5, 5.41) is 10.3. The van der Waals surface area contributed by atoms with Crippen LogP contribution in [0.3, 0.4) is 0 Å². The average molecular weight is 235 g/mol. The topological polar surface area (TPSA) is 23.5 Å².